The highest BCUT2D eigenvalue weighted by Crippen LogP contribution is 2.20. The van der Waals surface area contributed by atoms with Crippen LogP contribution in [0.5, 0.6) is 0 Å². The molecule has 5 heteroatoms. The molecule has 1 N–H and O–H groups in total. The Labute approximate surface area is 124 Å². The highest BCUT2D eigenvalue weighted by molar-refractivity contribution is 5.89. The maximum atomic E-state index is 12.2. The van der Waals surface area contributed by atoms with Gasteiger partial charge in [0, 0.05) is 37.7 Å². The van der Waals surface area contributed by atoms with Crippen LogP contribution in [0.25, 0.3) is 0 Å². The van der Waals surface area contributed by atoms with Crippen LogP contribution >= 0.6 is 0 Å². The number of amides is 2. The van der Waals surface area contributed by atoms with Crippen LogP contribution in [0, 0.1) is 5.92 Å². The molecule has 0 spiro atoms. The number of nitrogens with one attached hydrogen (secondary N) is 1. The predicted octanol–water partition coefficient (Wildman–Crippen LogP) is 2.83. The summed E-state index contributed by atoms with van der Waals surface area (Å²) in [4.78, 5) is 18.2. The van der Waals surface area contributed by atoms with Gasteiger partial charge in [-0.2, -0.15) is 0 Å². The summed E-state index contributed by atoms with van der Waals surface area (Å²) in [6.07, 6.45) is 7.74. The van der Waals surface area contributed by atoms with Gasteiger partial charge >= 0.3 is 6.03 Å². The summed E-state index contributed by atoms with van der Waals surface area (Å²) >= 11 is 0. The van der Waals surface area contributed by atoms with Gasteiger partial charge in [0.15, 0.2) is 0 Å². The van der Waals surface area contributed by atoms with Crippen molar-refractivity contribution in [3.8, 4) is 0 Å². The van der Waals surface area contributed by atoms with E-state index in [1.807, 2.05) is 54.0 Å². The first-order valence-electron chi connectivity index (χ1n) is 7.38. The van der Waals surface area contributed by atoms with Crippen molar-refractivity contribution in [1.29, 1.82) is 0 Å². The molecule has 3 rings (SSSR count). The van der Waals surface area contributed by atoms with Gasteiger partial charge < -0.3 is 14.8 Å². The van der Waals surface area contributed by atoms with E-state index in [4.69, 9.17) is 0 Å². The zero-order valence-corrected chi connectivity index (χ0v) is 12.0. The average molecular weight is 284 g/mol. The number of rotatable bonds is 3. The molecule has 1 aliphatic rings. The first-order chi connectivity index (χ1) is 10.3. The standard InChI is InChI=1S/C16H20N4O/c21-16(18-15-4-2-1-3-5-15)20-9-6-14(7-10-20)12-19-11-8-17-13-19/h1-5,8,11,13-14H,6-7,9-10,12H2,(H,18,21). The van der Waals surface area contributed by atoms with Gasteiger partial charge in [0.25, 0.3) is 0 Å². The Morgan fingerprint density at radius 1 is 1.24 bits per heavy atom. The number of imidazole rings is 1. The molecule has 0 bridgehead atoms. The minimum Gasteiger partial charge on any atom is -0.337 e. The third kappa shape index (κ3) is 3.62. The molecule has 1 fully saturated rings. The van der Waals surface area contributed by atoms with Gasteiger partial charge in [0.05, 0.1) is 6.33 Å². The fourth-order valence-electron chi connectivity index (χ4n) is 2.74. The molecule has 5 nitrogen and oxygen atoms in total. The second kappa shape index (κ2) is 6.43. The molecular formula is C16H20N4O. The van der Waals surface area contributed by atoms with E-state index in [-0.39, 0.29) is 6.03 Å². The van der Waals surface area contributed by atoms with Gasteiger partial charge in [-0.25, -0.2) is 9.78 Å². The van der Waals surface area contributed by atoms with E-state index in [0.29, 0.717) is 5.92 Å². The molecule has 110 valence electrons. The molecule has 0 radical (unpaired) electrons. The van der Waals surface area contributed by atoms with Crippen molar-refractivity contribution in [2.45, 2.75) is 19.4 Å². The first kappa shape index (κ1) is 13.7. The lowest BCUT2D eigenvalue weighted by Gasteiger charge is -2.32. The summed E-state index contributed by atoms with van der Waals surface area (Å²) < 4.78 is 2.12. The number of hydrogen-bond donors (Lipinski definition) is 1. The maximum absolute atomic E-state index is 12.2. The van der Waals surface area contributed by atoms with E-state index < -0.39 is 0 Å². The van der Waals surface area contributed by atoms with Crippen LogP contribution in [0.15, 0.2) is 49.1 Å². The second-order valence-electron chi connectivity index (χ2n) is 5.49. The normalized spacial score (nSPS) is 15.9. The fraction of sp³-hybridized carbons (Fsp3) is 0.375. The summed E-state index contributed by atoms with van der Waals surface area (Å²) in [6.45, 7) is 2.63. The van der Waals surface area contributed by atoms with Crippen LogP contribution < -0.4 is 5.32 Å². The lowest BCUT2D eigenvalue weighted by Crippen LogP contribution is -2.41. The quantitative estimate of drug-likeness (QED) is 0.942. The number of urea groups is 1. The lowest BCUT2D eigenvalue weighted by molar-refractivity contribution is 0.177. The monoisotopic (exact) mass is 284 g/mol. The number of carbonyl (C=O) groups excluding carboxylic acids is 1. The smallest absolute Gasteiger partial charge is 0.321 e. The predicted molar refractivity (Wildman–Crippen MR) is 82.0 cm³/mol. The van der Waals surface area contributed by atoms with Crippen LogP contribution in [0.2, 0.25) is 0 Å². The molecule has 0 unspecified atom stereocenters. The van der Waals surface area contributed by atoms with E-state index >= 15 is 0 Å². The van der Waals surface area contributed by atoms with Crippen LogP contribution in [0.3, 0.4) is 0 Å². The molecule has 2 amide bonds. The van der Waals surface area contributed by atoms with Crippen molar-refractivity contribution in [2.75, 3.05) is 18.4 Å². The van der Waals surface area contributed by atoms with Gasteiger partial charge in [-0.1, -0.05) is 18.2 Å². The van der Waals surface area contributed by atoms with Crippen molar-refractivity contribution in [1.82, 2.24) is 14.5 Å². The highest BCUT2D eigenvalue weighted by atomic mass is 16.2. The third-order valence-electron chi connectivity index (χ3n) is 3.96. The number of hydrogen-bond acceptors (Lipinski definition) is 2. The number of likely N-dealkylation sites (tertiary alicyclic amines) is 1. The van der Waals surface area contributed by atoms with Gasteiger partial charge in [0.1, 0.15) is 0 Å². The number of carbonyl (C=O) groups is 1. The van der Waals surface area contributed by atoms with Gasteiger partial charge in [-0.3, -0.25) is 0 Å². The van der Waals surface area contributed by atoms with Crippen molar-refractivity contribution < 1.29 is 4.79 Å². The van der Waals surface area contributed by atoms with Gasteiger partial charge in [0.2, 0.25) is 0 Å². The van der Waals surface area contributed by atoms with Gasteiger partial charge in [-0.05, 0) is 30.9 Å². The Bertz CT molecular complexity index is 559. The molecule has 2 heterocycles. The van der Waals surface area contributed by atoms with Crippen LogP contribution in [0.1, 0.15) is 12.8 Å². The molecule has 1 aromatic heterocycles. The minimum atomic E-state index is 0.00211. The molecule has 0 saturated carbocycles. The van der Waals surface area contributed by atoms with Crippen molar-refractivity contribution in [3.63, 3.8) is 0 Å². The lowest BCUT2D eigenvalue weighted by atomic mass is 9.97. The number of anilines is 1. The number of aromatic nitrogens is 2. The van der Waals surface area contributed by atoms with E-state index in [1.54, 1.807) is 0 Å². The molecule has 0 atom stereocenters. The largest absolute Gasteiger partial charge is 0.337 e. The van der Waals surface area contributed by atoms with E-state index in [9.17, 15) is 4.79 Å². The third-order valence-corrected chi connectivity index (χ3v) is 3.96. The molecule has 1 aliphatic heterocycles. The molecule has 1 saturated heterocycles. The summed E-state index contributed by atoms with van der Waals surface area (Å²) in [5.74, 6) is 0.625. The Kier molecular flexibility index (Phi) is 4.19. The number of para-hydroxylation sites is 1. The molecule has 1 aromatic carbocycles. The molecular weight excluding hydrogens is 264 g/mol. The Morgan fingerprint density at radius 2 is 2.00 bits per heavy atom. The SMILES string of the molecule is O=C(Nc1ccccc1)N1CCC(Cn2ccnc2)CC1. The van der Waals surface area contributed by atoms with Crippen molar-refractivity contribution in [2.24, 2.45) is 5.92 Å². The summed E-state index contributed by atoms with van der Waals surface area (Å²) in [7, 11) is 0. The van der Waals surface area contributed by atoms with E-state index in [2.05, 4.69) is 14.9 Å². The second-order valence-corrected chi connectivity index (χ2v) is 5.49. The summed E-state index contributed by atoms with van der Waals surface area (Å²) in [5, 5.41) is 2.94. The van der Waals surface area contributed by atoms with Crippen LogP contribution in [-0.2, 0) is 6.54 Å². The van der Waals surface area contributed by atoms with Crippen molar-refractivity contribution >= 4 is 11.7 Å². The number of nitrogens with zero attached hydrogens (tertiary/aromatic N) is 3. The van der Waals surface area contributed by atoms with Crippen LogP contribution in [0.4, 0.5) is 10.5 Å². The van der Waals surface area contributed by atoms with E-state index in [1.165, 1.54) is 0 Å². The number of piperidine rings is 1. The average Bonchev–Trinajstić information content (AvgIpc) is 3.02. The van der Waals surface area contributed by atoms with Crippen molar-refractivity contribution in [3.05, 3.63) is 49.1 Å². The first-order valence-corrected chi connectivity index (χ1v) is 7.38. The highest BCUT2D eigenvalue weighted by Gasteiger charge is 2.22. The topological polar surface area (TPSA) is 50.2 Å². The maximum Gasteiger partial charge on any atom is 0.321 e. The molecule has 0 aliphatic carbocycles. The van der Waals surface area contributed by atoms with Crippen LogP contribution in [-0.4, -0.2) is 33.6 Å². The summed E-state index contributed by atoms with van der Waals surface area (Å²) in [5.41, 5.74) is 0.850. The molecule has 21 heavy (non-hydrogen) atoms. The minimum absolute atomic E-state index is 0.00211. The fourth-order valence-corrected chi connectivity index (χ4v) is 2.74. The summed E-state index contributed by atoms with van der Waals surface area (Å²) in [6, 6.07) is 9.60. The molecule has 2 aromatic rings. The Hall–Kier alpha value is -2.30. The zero-order chi connectivity index (χ0) is 14.5. The van der Waals surface area contributed by atoms with E-state index in [0.717, 1.165) is 38.2 Å². The van der Waals surface area contributed by atoms with Gasteiger partial charge in [-0.15, -0.1) is 0 Å². The Morgan fingerprint density at radius 3 is 2.67 bits per heavy atom. The zero-order valence-electron chi connectivity index (χ0n) is 12.0. The number of benzene rings is 1. The Balaban J connectivity index is 1.48.